The maximum Gasteiger partial charge on any atom is 0.266 e. The number of pyridine rings is 1. The molecule has 0 bridgehead atoms. The summed E-state index contributed by atoms with van der Waals surface area (Å²) in [4.78, 5) is 31.1. The average Bonchev–Trinajstić information content (AvgIpc) is 2.85. The Labute approximate surface area is 146 Å². The summed E-state index contributed by atoms with van der Waals surface area (Å²) in [7, 11) is 1.54. The summed E-state index contributed by atoms with van der Waals surface area (Å²) in [6, 6.07) is 13.9. The molecule has 2 heterocycles. The van der Waals surface area contributed by atoms with Crippen LogP contribution in [0.15, 0.2) is 53.1 Å². The van der Waals surface area contributed by atoms with Crippen LogP contribution in [0.25, 0.3) is 10.9 Å². The zero-order valence-corrected chi connectivity index (χ0v) is 14.2. The van der Waals surface area contributed by atoms with Gasteiger partial charge in [0.2, 0.25) is 0 Å². The first-order chi connectivity index (χ1) is 11.6. The van der Waals surface area contributed by atoms with Gasteiger partial charge in [-0.15, -0.1) is 0 Å². The molecule has 0 aliphatic carbocycles. The van der Waals surface area contributed by atoms with Gasteiger partial charge >= 0.3 is 0 Å². The lowest BCUT2D eigenvalue weighted by Crippen LogP contribution is -2.29. The predicted molar refractivity (Wildman–Crippen MR) is 93.6 cm³/mol. The van der Waals surface area contributed by atoms with E-state index in [4.69, 9.17) is 4.74 Å². The van der Waals surface area contributed by atoms with E-state index in [1.165, 1.54) is 0 Å². The van der Waals surface area contributed by atoms with Gasteiger partial charge in [-0.25, -0.2) is 9.88 Å². The predicted octanol–water partition coefficient (Wildman–Crippen LogP) is 3.81. The molecule has 0 N–H and O–H groups in total. The third kappa shape index (κ3) is 2.11. The highest BCUT2D eigenvalue weighted by Gasteiger charge is 2.37. The third-order valence-corrected chi connectivity index (χ3v) is 4.42. The van der Waals surface area contributed by atoms with Crippen LogP contribution in [0.3, 0.4) is 0 Å². The van der Waals surface area contributed by atoms with E-state index in [1.54, 1.807) is 43.5 Å². The van der Waals surface area contributed by atoms with E-state index >= 15 is 0 Å². The molecule has 24 heavy (non-hydrogen) atoms. The fourth-order valence-electron chi connectivity index (χ4n) is 2.86. The number of aromatic nitrogens is 1. The first-order valence-corrected chi connectivity index (χ1v) is 8.01. The fourth-order valence-corrected chi connectivity index (χ4v) is 3.17. The largest absolute Gasteiger partial charge is 0.497 e. The SMILES string of the molecule is COc1cc(N2C(=O)c3ccccc3C2=O)c2nc(Br)ccc2c1. The monoisotopic (exact) mass is 382 g/mol. The van der Waals surface area contributed by atoms with E-state index < -0.39 is 0 Å². The molecule has 2 amide bonds. The molecule has 1 aliphatic heterocycles. The van der Waals surface area contributed by atoms with Crippen molar-refractivity contribution in [2.75, 3.05) is 12.0 Å². The van der Waals surface area contributed by atoms with E-state index in [-0.39, 0.29) is 11.8 Å². The minimum atomic E-state index is -0.355. The molecular formula is C18H11BrN2O3. The molecule has 0 fully saturated rings. The van der Waals surface area contributed by atoms with E-state index in [9.17, 15) is 9.59 Å². The van der Waals surface area contributed by atoms with Crippen molar-refractivity contribution in [3.05, 3.63) is 64.3 Å². The molecule has 0 unspecified atom stereocenters. The number of hydrogen-bond acceptors (Lipinski definition) is 4. The number of amides is 2. The Hall–Kier alpha value is -2.73. The molecule has 2 aromatic carbocycles. The summed E-state index contributed by atoms with van der Waals surface area (Å²) in [6.07, 6.45) is 0. The number of rotatable bonds is 2. The van der Waals surface area contributed by atoms with Gasteiger partial charge in [0.1, 0.15) is 10.4 Å². The Morgan fingerprint density at radius 2 is 1.67 bits per heavy atom. The minimum absolute atomic E-state index is 0.355. The maximum absolute atomic E-state index is 12.8. The van der Waals surface area contributed by atoms with Crippen molar-refractivity contribution in [3.8, 4) is 5.75 Å². The van der Waals surface area contributed by atoms with Gasteiger partial charge in [-0.05, 0) is 46.3 Å². The van der Waals surface area contributed by atoms with Crippen molar-refractivity contribution in [3.63, 3.8) is 0 Å². The highest BCUT2D eigenvalue weighted by atomic mass is 79.9. The highest BCUT2D eigenvalue weighted by Crippen LogP contribution is 2.36. The van der Waals surface area contributed by atoms with Crippen molar-refractivity contribution < 1.29 is 14.3 Å². The number of nitrogens with zero attached hydrogens (tertiary/aromatic N) is 2. The molecule has 6 heteroatoms. The Balaban J connectivity index is 1.99. The van der Waals surface area contributed by atoms with Crippen molar-refractivity contribution in [2.45, 2.75) is 0 Å². The lowest BCUT2D eigenvalue weighted by molar-refractivity contribution is 0.0926. The van der Waals surface area contributed by atoms with Gasteiger partial charge in [-0.2, -0.15) is 0 Å². The van der Waals surface area contributed by atoms with Gasteiger partial charge in [0.05, 0.1) is 29.4 Å². The number of ether oxygens (including phenoxy) is 1. The first-order valence-electron chi connectivity index (χ1n) is 7.22. The van der Waals surface area contributed by atoms with E-state index in [2.05, 4.69) is 20.9 Å². The maximum atomic E-state index is 12.8. The molecule has 118 valence electrons. The lowest BCUT2D eigenvalue weighted by atomic mass is 10.1. The molecule has 0 spiro atoms. The van der Waals surface area contributed by atoms with Crippen LogP contribution in [-0.4, -0.2) is 23.9 Å². The number of carbonyl (C=O) groups is 2. The molecule has 1 aliphatic rings. The van der Waals surface area contributed by atoms with Crippen LogP contribution >= 0.6 is 15.9 Å². The van der Waals surface area contributed by atoms with Crippen molar-refractivity contribution >= 4 is 44.3 Å². The molecule has 3 aromatic rings. The Morgan fingerprint density at radius 3 is 2.29 bits per heavy atom. The Bertz CT molecular complexity index is 981. The number of anilines is 1. The van der Waals surface area contributed by atoms with Gasteiger partial charge in [-0.1, -0.05) is 12.1 Å². The summed E-state index contributed by atoms with van der Waals surface area (Å²) in [6.45, 7) is 0. The van der Waals surface area contributed by atoms with Crippen LogP contribution in [0.1, 0.15) is 20.7 Å². The fraction of sp³-hybridized carbons (Fsp3) is 0.0556. The number of benzene rings is 2. The highest BCUT2D eigenvalue weighted by molar-refractivity contribution is 9.10. The minimum Gasteiger partial charge on any atom is -0.497 e. The summed E-state index contributed by atoms with van der Waals surface area (Å²) in [5.74, 6) is -0.156. The van der Waals surface area contributed by atoms with Gasteiger partial charge in [0.15, 0.2) is 0 Å². The van der Waals surface area contributed by atoms with Gasteiger partial charge in [0, 0.05) is 11.5 Å². The van der Waals surface area contributed by atoms with E-state index in [0.717, 1.165) is 10.3 Å². The zero-order valence-electron chi connectivity index (χ0n) is 12.6. The average molecular weight is 383 g/mol. The first kappa shape index (κ1) is 14.8. The van der Waals surface area contributed by atoms with Crippen LogP contribution < -0.4 is 9.64 Å². The second-order valence-electron chi connectivity index (χ2n) is 5.34. The quantitative estimate of drug-likeness (QED) is 0.499. The molecule has 4 rings (SSSR count). The molecule has 5 nitrogen and oxygen atoms in total. The smallest absolute Gasteiger partial charge is 0.266 e. The van der Waals surface area contributed by atoms with Crippen LogP contribution in [0, 0.1) is 0 Å². The number of methoxy groups -OCH3 is 1. The van der Waals surface area contributed by atoms with Crippen molar-refractivity contribution in [1.82, 2.24) is 4.98 Å². The molecule has 0 radical (unpaired) electrons. The van der Waals surface area contributed by atoms with Crippen molar-refractivity contribution in [1.29, 1.82) is 0 Å². The number of halogens is 1. The van der Waals surface area contributed by atoms with E-state index in [1.807, 2.05) is 12.1 Å². The van der Waals surface area contributed by atoms with Crippen LogP contribution in [-0.2, 0) is 0 Å². The molecule has 0 saturated carbocycles. The number of hydrogen-bond donors (Lipinski definition) is 0. The molecule has 1 aromatic heterocycles. The van der Waals surface area contributed by atoms with Gasteiger partial charge in [0.25, 0.3) is 11.8 Å². The Kier molecular flexibility index (Phi) is 3.35. The second kappa shape index (κ2) is 5.42. The second-order valence-corrected chi connectivity index (χ2v) is 6.16. The zero-order chi connectivity index (χ0) is 16.8. The molecule has 0 atom stereocenters. The number of fused-ring (bicyclic) bond motifs is 2. The van der Waals surface area contributed by atoms with Crippen LogP contribution in [0.4, 0.5) is 5.69 Å². The summed E-state index contributed by atoms with van der Waals surface area (Å²) < 4.78 is 5.93. The number of carbonyl (C=O) groups excluding carboxylic acids is 2. The van der Waals surface area contributed by atoms with E-state index in [0.29, 0.717) is 32.7 Å². The summed E-state index contributed by atoms with van der Waals surface area (Å²) >= 11 is 3.34. The standard InChI is InChI=1S/C18H11BrN2O3/c1-24-11-8-10-6-7-15(19)20-16(10)14(9-11)21-17(22)12-4-2-3-5-13(12)18(21)23/h2-9H,1H3. The lowest BCUT2D eigenvalue weighted by Gasteiger charge is -2.17. The van der Waals surface area contributed by atoms with Gasteiger partial charge in [-0.3, -0.25) is 9.59 Å². The summed E-state index contributed by atoms with van der Waals surface area (Å²) in [5, 5.41) is 0.782. The molecule has 0 saturated heterocycles. The van der Waals surface area contributed by atoms with Crippen LogP contribution in [0.5, 0.6) is 5.75 Å². The topological polar surface area (TPSA) is 59.5 Å². The van der Waals surface area contributed by atoms with Gasteiger partial charge < -0.3 is 4.74 Å². The van der Waals surface area contributed by atoms with Crippen LogP contribution in [0.2, 0.25) is 0 Å². The molecular weight excluding hydrogens is 372 g/mol. The van der Waals surface area contributed by atoms with Crippen molar-refractivity contribution in [2.24, 2.45) is 0 Å². The Morgan fingerprint density at radius 1 is 1.00 bits per heavy atom. The summed E-state index contributed by atoms with van der Waals surface area (Å²) in [5.41, 5.74) is 1.76. The normalized spacial score (nSPS) is 13.5. The third-order valence-electron chi connectivity index (χ3n) is 3.98. The number of imide groups is 1.